The summed E-state index contributed by atoms with van der Waals surface area (Å²) in [5.41, 5.74) is 3.08. The fourth-order valence-corrected chi connectivity index (χ4v) is 1.95. The third kappa shape index (κ3) is 1.64. The first kappa shape index (κ1) is 10.5. The molecule has 18 heavy (non-hydrogen) atoms. The Morgan fingerprint density at radius 3 is 2.83 bits per heavy atom. The zero-order valence-electron chi connectivity index (χ0n) is 9.45. The van der Waals surface area contributed by atoms with E-state index in [9.17, 15) is 9.90 Å². The van der Waals surface area contributed by atoms with E-state index in [-0.39, 0.29) is 5.75 Å². The monoisotopic (exact) mass is 238 g/mol. The van der Waals surface area contributed by atoms with Crippen LogP contribution in [-0.4, -0.2) is 20.9 Å². The molecule has 0 aliphatic carbocycles. The van der Waals surface area contributed by atoms with Crippen LogP contribution in [0.4, 0.5) is 0 Å². The molecule has 0 saturated heterocycles. The molecule has 0 spiro atoms. The summed E-state index contributed by atoms with van der Waals surface area (Å²) >= 11 is 0. The van der Waals surface area contributed by atoms with Crippen LogP contribution in [0.15, 0.2) is 48.8 Å². The van der Waals surface area contributed by atoms with E-state index < -0.39 is 0 Å². The molecule has 4 nitrogen and oxygen atoms in total. The van der Waals surface area contributed by atoms with Crippen molar-refractivity contribution in [3.05, 3.63) is 54.4 Å². The van der Waals surface area contributed by atoms with Crippen LogP contribution in [0.1, 0.15) is 10.4 Å². The Morgan fingerprint density at radius 1 is 1.17 bits per heavy atom. The van der Waals surface area contributed by atoms with E-state index in [1.165, 1.54) is 0 Å². The molecule has 0 saturated carbocycles. The van der Waals surface area contributed by atoms with Crippen LogP contribution in [0.5, 0.6) is 5.75 Å². The maximum absolute atomic E-state index is 10.7. The van der Waals surface area contributed by atoms with Crippen molar-refractivity contribution >= 4 is 17.3 Å². The Bertz CT molecular complexity index is 731. The van der Waals surface area contributed by atoms with Crippen molar-refractivity contribution in [2.75, 3.05) is 0 Å². The number of carbonyl (C=O) groups is 1. The smallest absolute Gasteiger partial charge is 0.150 e. The number of phenols is 1. The van der Waals surface area contributed by atoms with E-state index in [4.69, 9.17) is 0 Å². The zero-order chi connectivity index (χ0) is 12.5. The summed E-state index contributed by atoms with van der Waals surface area (Å²) in [6.45, 7) is 0. The number of hydrogen-bond donors (Lipinski definition) is 1. The Morgan fingerprint density at radius 2 is 2.06 bits per heavy atom. The van der Waals surface area contributed by atoms with Crippen LogP contribution in [0.25, 0.3) is 16.7 Å². The average Bonchev–Trinajstić information content (AvgIpc) is 2.81. The molecule has 3 aromatic rings. The van der Waals surface area contributed by atoms with Gasteiger partial charge in [-0.15, -0.1) is 0 Å². The normalized spacial score (nSPS) is 10.7. The van der Waals surface area contributed by atoms with Gasteiger partial charge in [0.05, 0.1) is 16.7 Å². The first-order valence-electron chi connectivity index (χ1n) is 5.49. The number of aldehydes is 1. The second-order valence-corrected chi connectivity index (χ2v) is 4.00. The molecule has 3 rings (SSSR count). The Kier molecular flexibility index (Phi) is 2.34. The first-order valence-corrected chi connectivity index (χ1v) is 5.49. The lowest BCUT2D eigenvalue weighted by molar-refractivity contribution is 0.112. The minimum absolute atomic E-state index is 0.207. The summed E-state index contributed by atoms with van der Waals surface area (Å²) in [6, 6.07) is 12.3. The highest BCUT2D eigenvalue weighted by Gasteiger charge is 2.05. The lowest BCUT2D eigenvalue weighted by atomic mass is 10.2. The molecule has 1 N–H and O–H groups in total. The van der Waals surface area contributed by atoms with E-state index in [1.54, 1.807) is 36.7 Å². The van der Waals surface area contributed by atoms with Gasteiger partial charge in [0.1, 0.15) is 18.4 Å². The summed E-state index contributed by atoms with van der Waals surface area (Å²) in [7, 11) is 0. The molecule has 0 radical (unpaired) electrons. The van der Waals surface area contributed by atoms with Crippen LogP contribution in [0.3, 0.4) is 0 Å². The van der Waals surface area contributed by atoms with Crippen molar-refractivity contribution < 1.29 is 9.90 Å². The second kappa shape index (κ2) is 4.00. The van der Waals surface area contributed by atoms with Gasteiger partial charge in [0, 0.05) is 11.6 Å². The Balaban J connectivity index is 2.21. The first-order chi connectivity index (χ1) is 8.78. The maximum atomic E-state index is 10.7. The second-order valence-electron chi connectivity index (χ2n) is 4.00. The van der Waals surface area contributed by atoms with Gasteiger partial charge in [-0.05, 0) is 30.3 Å². The van der Waals surface area contributed by atoms with Gasteiger partial charge >= 0.3 is 0 Å². The van der Waals surface area contributed by atoms with Crippen molar-refractivity contribution in [3.8, 4) is 11.4 Å². The summed E-state index contributed by atoms with van der Waals surface area (Å²) in [5, 5.41) is 9.49. The summed E-state index contributed by atoms with van der Waals surface area (Å²) < 4.78 is 1.86. The number of fused-ring (bicyclic) bond motifs is 1. The average molecular weight is 238 g/mol. The molecule has 0 amide bonds. The molecular weight excluding hydrogens is 228 g/mol. The molecule has 0 atom stereocenters. The van der Waals surface area contributed by atoms with Crippen LogP contribution in [-0.2, 0) is 0 Å². The highest BCUT2D eigenvalue weighted by molar-refractivity contribution is 5.85. The van der Waals surface area contributed by atoms with Crippen molar-refractivity contribution in [1.29, 1.82) is 0 Å². The van der Waals surface area contributed by atoms with Gasteiger partial charge in [-0.2, -0.15) is 0 Å². The summed E-state index contributed by atoms with van der Waals surface area (Å²) in [4.78, 5) is 15.0. The predicted octanol–water partition coefficient (Wildman–Crippen LogP) is 2.54. The third-order valence-corrected chi connectivity index (χ3v) is 2.82. The molecular formula is C14H10N2O2. The highest BCUT2D eigenvalue weighted by atomic mass is 16.3. The topological polar surface area (TPSA) is 55.1 Å². The summed E-state index contributed by atoms with van der Waals surface area (Å²) in [5.74, 6) is 0.207. The van der Waals surface area contributed by atoms with Crippen molar-refractivity contribution in [2.45, 2.75) is 0 Å². The molecule has 88 valence electrons. The number of rotatable bonds is 2. The van der Waals surface area contributed by atoms with Gasteiger partial charge < -0.3 is 5.11 Å². The molecule has 4 heteroatoms. The molecule has 0 unspecified atom stereocenters. The number of aromatic hydroxyl groups is 1. The van der Waals surface area contributed by atoms with E-state index in [1.807, 2.05) is 16.7 Å². The van der Waals surface area contributed by atoms with Crippen molar-refractivity contribution in [2.24, 2.45) is 0 Å². The van der Waals surface area contributed by atoms with E-state index >= 15 is 0 Å². The highest BCUT2D eigenvalue weighted by Crippen LogP contribution is 2.21. The quantitative estimate of drug-likeness (QED) is 0.698. The molecule has 1 heterocycles. The fourth-order valence-electron chi connectivity index (χ4n) is 1.95. The number of nitrogens with zero attached hydrogens (tertiary/aromatic N) is 2. The van der Waals surface area contributed by atoms with Crippen LogP contribution in [0, 0.1) is 0 Å². The van der Waals surface area contributed by atoms with Gasteiger partial charge in [-0.25, -0.2) is 4.98 Å². The maximum Gasteiger partial charge on any atom is 0.150 e. The molecule has 0 bridgehead atoms. The third-order valence-electron chi connectivity index (χ3n) is 2.82. The van der Waals surface area contributed by atoms with Gasteiger partial charge in [0.15, 0.2) is 0 Å². The minimum Gasteiger partial charge on any atom is -0.508 e. The van der Waals surface area contributed by atoms with Gasteiger partial charge in [-0.3, -0.25) is 9.36 Å². The van der Waals surface area contributed by atoms with E-state index in [0.717, 1.165) is 23.0 Å². The van der Waals surface area contributed by atoms with Crippen molar-refractivity contribution in [3.63, 3.8) is 0 Å². The van der Waals surface area contributed by atoms with Crippen LogP contribution in [0.2, 0.25) is 0 Å². The lowest BCUT2D eigenvalue weighted by Gasteiger charge is -2.04. The zero-order valence-corrected chi connectivity index (χ0v) is 9.45. The van der Waals surface area contributed by atoms with Crippen molar-refractivity contribution in [1.82, 2.24) is 9.55 Å². The summed E-state index contributed by atoms with van der Waals surface area (Å²) in [6.07, 6.45) is 2.47. The van der Waals surface area contributed by atoms with Crippen LogP contribution >= 0.6 is 0 Å². The SMILES string of the molecule is O=Cc1ccc2c(c1)ncn2-c1cccc(O)c1. The Hall–Kier alpha value is -2.62. The van der Waals surface area contributed by atoms with Gasteiger partial charge in [0.2, 0.25) is 0 Å². The number of imidazole rings is 1. The molecule has 1 aromatic heterocycles. The van der Waals surface area contributed by atoms with E-state index in [2.05, 4.69) is 4.98 Å². The number of carbonyl (C=O) groups excluding carboxylic acids is 1. The predicted molar refractivity (Wildman–Crippen MR) is 68.1 cm³/mol. The molecule has 0 aliphatic rings. The van der Waals surface area contributed by atoms with Gasteiger partial charge in [-0.1, -0.05) is 6.07 Å². The van der Waals surface area contributed by atoms with Gasteiger partial charge in [0.25, 0.3) is 0 Å². The number of aromatic nitrogens is 2. The van der Waals surface area contributed by atoms with Crippen LogP contribution < -0.4 is 0 Å². The molecule has 0 fully saturated rings. The largest absolute Gasteiger partial charge is 0.508 e. The number of phenolic OH excluding ortho intramolecular Hbond substituents is 1. The fraction of sp³-hybridized carbons (Fsp3) is 0. The molecule has 2 aromatic carbocycles. The molecule has 0 aliphatic heterocycles. The number of hydrogen-bond acceptors (Lipinski definition) is 3. The number of benzene rings is 2. The Labute approximate surface area is 103 Å². The van der Waals surface area contributed by atoms with E-state index in [0.29, 0.717) is 5.56 Å². The minimum atomic E-state index is 0.207. The lowest BCUT2D eigenvalue weighted by Crippen LogP contribution is -1.91. The standard InChI is InChI=1S/C14H10N2O2/c17-8-10-4-5-14-13(6-10)15-9-16(14)11-2-1-3-12(18)7-11/h1-9,18H.